The fourth-order valence-corrected chi connectivity index (χ4v) is 3.32. The van der Waals surface area contributed by atoms with Crippen molar-refractivity contribution in [1.82, 2.24) is 4.72 Å². The molecule has 0 heterocycles. The van der Waals surface area contributed by atoms with Crippen LogP contribution in [0.5, 0.6) is 0 Å². The first-order valence-corrected chi connectivity index (χ1v) is 7.95. The van der Waals surface area contributed by atoms with Crippen LogP contribution in [0.2, 0.25) is 0 Å². The predicted octanol–water partition coefficient (Wildman–Crippen LogP) is 2.07. The molecule has 0 atom stereocenters. The third-order valence-electron chi connectivity index (χ3n) is 3.22. The molecule has 0 aromatic heterocycles. The second-order valence-corrected chi connectivity index (χ2v) is 6.44. The van der Waals surface area contributed by atoms with Crippen molar-refractivity contribution in [2.24, 2.45) is 5.73 Å². The second kappa shape index (κ2) is 6.34. The number of nitrogens with two attached hydrogens (primary N) is 1. The van der Waals surface area contributed by atoms with Gasteiger partial charge in [0.15, 0.2) is 0 Å². The van der Waals surface area contributed by atoms with Gasteiger partial charge in [0.25, 0.3) is 0 Å². The van der Waals surface area contributed by atoms with E-state index in [2.05, 4.69) is 4.72 Å². The van der Waals surface area contributed by atoms with E-state index in [-0.39, 0.29) is 11.4 Å². The highest BCUT2D eigenvalue weighted by molar-refractivity contribution is 7.89. The number of halogens is 1. The van der Waals surface area contributed by atoms with Crippen molar-refractivity contribution in [3.8, 4) is 0 Å². The van der Waals surface area contributed by atoms with Gasteiger partial charge in [-0.2, -0.15) is 0 Å². The van der Waals surface area contributed by atoms with Crippen LogP contribution in [0.15, 0.2) is 47.4 Å². The molecule has 0 saturated carbocycles. The van der Waals surface area contributed by atoms with Crippen molar-refractivity contribution >= 4 is 10.0 Å². The molecule has 2 aromatic carbocycles. The maximum atomic E-state index is 13.1. The molecule has 0 radical (unpaired) electrons. The molecule has 3 N–H and O–H groups in total. The Labute approximate surface area is 123 Å². The highest BCUT2D eigenvalue weighted by atomic mass is 32.2. The van der Waals surface area contributed by atoms with Crippen LogP contribution in [0.3, 0.4) is 0 Å². The summed E-state index contributed by atoms with van der Waals surface area (Å²) in [5.74, 6) is -0.458. The molecule has 0 fully saturated rings. The molecule has 2 rings (SSSR count). The maximum absolute atomic E-state index is 13.1. The molecular formula is C15H17FN2O2S. The van der Waals surface area contributed by atoms with Crippen molar-refractivity contribution in [1.29, 1.82) is 0 Å². The molecule has 0 spiro atoms. The van der Waals surface area contributed by atoms with Crippen LogP contribution in [-0.4, -0.2) is 8.42 Å². The van der Waals surface area contributed by atoms with Crippen LogP contribution in [0.1, 0.15) is 16.7 Å². The normalized spacial score (nSPS) is 11.6. The summed E-state index contributed by atoms with van der Waals surface area (Å²) >= 11 is 0. The summed E-state index contributed by atoms with van der Waals surface area (Å²) in [6.07, 6.45) is 0. The minimum Gasteiger partial charge on any atom is -0.326 e. The summed E-state index contributed by atoms with van der Waals surface area (Å²) < 4.78 is 40.1. The number of hydrogen-bond acceptors (Lipinski definition) is 3. The number of sulfonamides is 1. The van der Waals surface area contributed by atoms with Crippen LogP contribution in [0.4, 0.5) is 4.39 Å². The highest BCUT2D eigenvalue weighted by Crippen LogP contribution is 2.17. The van der Waals surface area contributed by atoms with Gasteiger partial charge in [-0.3, -0.25) is 0 Å². The summed E-state index contributed by atoms with van der Waals surface area (Å²) in [5.41, 5.74) is 7.70. The quantitative estimate of drug-likeness (QED) is 0.888. The number of aryl methyl sites for hydroxylation is 1. The van der Waals surface area contributed by atoms with Gasteiger partial charge in [0.2, 0.25) is 10.0 Å². The minimum atomic E-state index is -3.69. The fraction of sp³-hybridized carbons (Fsp3) is 0.200. The van der Waals surface area contributed by atoms with Gasteiger partial charge in [-0.05, 0) is 41.8 Å². The zero-order valence-corrected chi connectivity index (χ0v) is 12.5. The molecule has 4 nitrogen and oxygen atoms in total. The molecule has 0 bridgehead atoms. The van der Waals surface area contributed by atoms with E-state index < -0.39 is 15.8 Å². The van der Waals surface area contributed by atoms with Crippen LogP contribution in [0, 0.1) is 12.7 Å². The van der Waals surface area contributed by atoms with E-state index in [4.69, 9.17) is 5.73 Å². The van der Waals surface area contributed by atoms with Gasteiger partial charge >= 0.3 is 0 Å². The summed E-state index contributed by atoms with van der Waals surface area (Å²) in [5, 5.41) is 0. The first-order valence-electron chi connectivity index (χ1n) is 6.46. The maximum Gasteiger partial charge on any atom is 0.241 e. The first-order chi connectivity index (χ1) is 9.94. The van der Waals surface area contributed by atoms with Gasteiger partial charge in [-0.25, -0.2) is 17.5 Å². The Morgan fingerprint density at radius 3 is 2.43 bits per heavy atom. The molecule has 0 aliphatic rings. The SMILES string of the molecule is Cc1cc(F)ccc1S(=O)(=O)NCc1ccccc1CN. The standard InChI is InChI=1S/C15H17FN2O2S/c1-11-8-14(16)6-7-15(11)21(19,20)18-10-13-5-3-2-4-12(13)9-17/h2-8,18H,9-10,17H2,1H3. The van der Waals surface area contributed by atoms with E-state index in [0.29, 0.717) is 12.1 Å². The largest absolute Gasteiger partial charge is 0.326 e. The fourth-order valence-electron chi connectivity index (χ4n) is 2.09. The second-order valence-electron chi connectivity index (χ2n) is 4.71. The first kappa shape index (κ1) is 15.6. The zero-order valence-electron chi connectivity index (χ0n) is 11.6. The molecule has 6 heteroatoms. The average molecular weight is 308 g/mol. The Morgan fingerprint density at radius 1 is 1.14 bits per heavy atom. The smallest absolute Gasteiger partial charge is 0.241 e. The van der Waals surface area contributed by atoms with Crippen molar-refractivity contribution in [2.75, 3.05) is 0 Å². The lowest BCUT2D eigenvalue weighted by atomic mass is 10.1. The lowest BCUT2D eigenvalue weighted by Crippen LogP contribution is -2.24. The molecule has 0 saturated heterocycles. The highest BCUT2D eigenvalue weighted by Gasteiger charge is 2.17. The topological polar surface area (TPSA) is 72.2 Å². The van der Waals surface area contributed by atoms with E-state index in [9.17, 15) is 12.8 Å². The third-order valence-corrected chi connectivity index (χ3v) is 4.78. The molecule has 21 heavy (non-hydrogen) atoms. The Kier molecular flexibility index (Phi) is 4.72. The van der Waals surface area contributed by atoms with Crippen LogP contribution in [-0.2, 0) is 23.1 Å². The zero-order chi connectivity index (χ0) is 15.5. The van der Waals surface area contributed by atoms with Gasteiger partial charge < -0.3 is 5.73 Å². The molecular weight excluding hydrogens is 291 g/mol. The Bertz CT molecular complexity index is 745. The van der Waals surface area contributed by atoms with Crippen molar-refractivity contribution < 1.29 is 12.8 Å². The van der Waals surface area contributed by atoms with E-state index in [1.54, 1.807) is 6.92 Å². The van der Waals surface area contributed by atoms with Gasteiger partial charge in [0.05, 0.1) is 4.90 Å². The Balaban J connectivity index is 2.22. The number of rotatable bonds is 5. The molecule has 0 amide bonds. The van der Waals surface area contributed by atoms with Crippen molar-refractivity contribution in [3.05, 3.63) is 65.0 Å². The number of hydrogen-bond donors (Lipinski definition) is 2. The Morgan fingerprint density at radius 2 is 1.81 bits per heavy atom. The summed E-state index contributed by atoms with van der Waals surface area (Å²) in [7, 11) is -3.69. The molecule has 0 aliphatic heterocycles. The lowest BCUT2D eigenvalue weighted by Gasteiger charge is -2.11. The third kappa shape index (κ3) is 3.66. The number of nitrogens with one attached hydrogen (secondary N) is 1. The molecule has 2 aromatic rings. The van der Waals surface area contributed by atoms with Gasteiger partial charge in [-0.15, -0.1) is 0 Å². The van der Waals surface area contributed by atoms with E-state index in [0.717, 1.165) is 17.2 Å². The minimum absolute atomic E-state index is 0.0779. The van der Waals surface area contributed by atoms with E-state index in [1.807, 2.05) is 24.3 Å². The average Bonchev–Trinajstić information content (AvgIpc) is 2.45. The van der Waals surface area contributed by atoms with Gasteiger partial charge in [0.1, 0.15) is 5.82 Å². The Hall–Kier alpha value is -1.76. The summed E-state index contributed by atoms with van der Waals surface area (Å²) in [4.78, 5) is 0.0779. The van der Waals surface area contributed by atoms with Crippen LogP contribution >= 0.6 is 0 Å². The number of benzene rings is 2. The molecule has 112 valence electrons. The van der Waals surface area contributed by atoms with Crippen molar-refractivity contribution in [3.63, 3.8) is 0 Å². The van der Waals surface area contributed by atoms with Gasteiger partial charge in [0, 0.05) is 13.1 Å². The molecule has 0 unspecified atom stereocenters. The van der Waals surface area contributed by atoms with E-state index >= 15 is 0 Å². The van der Waals surface area contributed by atoms with Crippen LogP contribution in [0.25, 0.3) is 0 Å². The summed E-state index contributed by atoms with van der Waals surface area (Å²) in [6, 6.07) is 10.9. The summed E-state index contributed by atoms with van der Waals surface area (Å²) in [6.45, 7) is 2.05. The van der Waals surface area contributed by atoms with E-state index in [1.165, 1.54) is 12.1 Å². The van der Waals surface area contributed by atoms with Gasteiger partial charge in [-0.1, -0.05) is 24.3 Å². The lowest BCUT2D eigenvalue weighted by molar-refractivity contribution is 0.579. The van der Waals surface area contributed by atoms with Crippen LogP contribution < -0.4 is 10.5 Å². The predicted molar refractivity (Wildman–Crippen MR) is 79.5 cm³/mol. The monoisotopic (exact) mass is 308 g/mol. The molecule has 0 aliphatic carbocycles. The van der Waals surface area contributed by atoms with Crippen molar-refractivity contribution in [2.45, 2.75) is 24.9 Å².